The Hall–Kier alpha value is -2.01. The topological polar surface area (TPSA) is 28.5 Å². The summed E-state index contributed by atoms with van der Waals surface area (Å²) in [5, 5.41) is 1.90. The third kappa shape index (κ3) is 2.49. The summed E-state index contributed by atoms with van der Waals surface area (Å²) in [5.41, 5.74) is 0.666. The molecule has 1 aromatic carbocycles. The largest absolute Gasteiger partial charge is 0.353 e. The molecule has 1 aliphatic rings. The van der Waals surface area contributed by atoms with Crippen LogP contribution in [0.4, 0.5) is 8.78 Å². The normalized spacial score (nSPS) is 13.4. The lowest BCUT2D eigenvalue weighted by atomic mass is 10.2. The van der Waals surface area contributed by atoms with Crippen molar-refractivity contribution in [1.29, 1.82) is 0 Å². The molecule has 1 aromatic heterocycles. The number of nitrogens with zero attached hydrogens (tertiary/aromatic N) is 3. The fourth-order valence-corrected chi connectivity index (χ4v) is 2.26. The fraction of sp³-hybridized carbons (Fsp3) is 0.143. The summed E-state index contributed by atoms with van der Waals surface area (Å²) >= 11 is 6.02. The first-order valence-corrected chi connectivity index (χ1v) is 6.36. The molecule has 0 atom stereocenters. The third-order valence-corrected chi connectivity index (χ3v) is 3.32. The van der Waals surface area contributed by atoms with Gasteiger partial charge in [-0.3, -0.25) is 4.99 Å². The molecule has 0 N–H and O–H groups in total. The number of rotatable bonds is 2. The van der Waals surface area contributed by atoms with Crippen molar-refractivity contribution in [2.45, 2.75) is 6.54 Å². The molecule has 0 amide bonds. The first-order valence-electron chi connectivity index (χ1n) is 5.98. The van der Waals surface area contributed by atoms with E-state index in [0.717, 1.165) is 16.6 Å². The molecule has 0 bridgehead atoms. The van der Waals surface area contributed by atoms with Gasteiger partial charge in [-0.15, -0.1) is 0 Å². The van der Waals surface area contributed by atoms with Crippen LogP contribution < -0.4 is 10.6 Å². The molecule has 20 heavy (non-hydrogen) atoms. The minimum atomic E-state index is -0.850. The Morgan fingerprint density at radius 1 is 1.20 bits per heavy atom. The van der Waals surface area contributed by atoms with Gasteiger partial charge in [0.15, 0.2) is 11.6 Å². The first kappa shape index (κ1) is 13.0. The van der Waals surface area contributed by atoms with Gasteiger partial charge in [-0.1, -0.05) is 17.7 Å². The van der Waals surface area contributed by atoms with Gasteiger partial charge in [-0.25, -0.2) is 13.8 Å². The van der Waals surface area contributed by atoms with Gasteiger partial charge in [-0.2, -0.15) is 0 Å². The molecular formula is C14H10ClF2N3. The quantitative estimate of drug-likeness (QED) is 0.791. The summed E-state index contributed by atoms with van der Waals surface area (Å²) in [6.07, 6.45) is 3.43. The van der Waals surface area contributed by atoms with Gasteiger partial charge in [0.25, 0.3) is 0 Å². The fourth-order valence-electron chi connectivity index (χ4n) is 2.05. The highest BCUT2D eigenvalue weighted by molar-refractivity contribution is 6.29. The van der Waals surface area contributed by atoms with Gasteiger partial charge in [0.2, 0.25) is 0 Å². The van der Waals surface area contributed by atoms with E-state index < -0.39 is 11.6 Å². The second-order valence-electron chi connectivity index (χ2n) is 4.46. The third-order valence-electron chi connectivity index (χ3n) is 3.02. The second kappa shape index (κ2) is 5.17. The predicted molar refractivity (Wildman–Crippen MR) is 71.3 cm³/mol. The van der Waals surface area contributed by atoms with Crippen LogP contribution in [0.5, 0.6) is 0 Å². The van der Waals surface area contributed by atoms with E-state index in [4.69, 9.17) is 11.6 Å². The molecule has 1 aliphatic heterocycles. The smallest absolute Gasteiger partial charge is 0.159 e. The molecule has 2 heterocycles. The van der Waals surface area contributed by atoms with Crippen LogP contribution in [0.15, 0.2) is 35.5 Å². The van der Waals surface area contributed by atoms with E-state index in [0.29, 0.717) is 23.9 Å². The monoisotopic (exact) mass is 293 g/mol. The zero-order chi connectivity index (χ0) is 14.1. The van der Waals surface area contributed by atoms with Crippen LogP contribution >= 0.6 is 11.6 Å². The maximum absolute atomic E-state index is 13.2. The van der Waals surface area contributed by atoms with Crippen LogP contribution in [0.3, 0.4) is 0 Å². The van der Waals surface area contributed by atoms with Crippen molar-refractivity contribution < 1.29 is 8.78 Å². The highest BCUT2D eigenvalue weighted by Crippen LogP contribution is 2.11. The van der Waals surface area contributed by atoms with E-state index in [1.165, 1.54) is 6.07 Å². The maximum atomic E-state index is 13.2. The zero-order valence-electron chi connectivity index (χ0n) is 10.4. The Morgan fingerprint density at radius 3 is 2.85 bits per heavy atom. The van der Waals surface area contributed by atoms with E-state index in [1.54, 1.807) is 18.3 Å². The number of benzene rings is 1. The van der Waals surface area contributed by atoms with E-state index in [2.05, 4.69) is 9.98 Å². The van der Waals surface area contributed by atoms with Gasteiger partial charge < -0.3 is 4.90 Å². The minimum absolute atomic E-state index is 0.376. The van der Waals surface area contributed by atoms with Crippen molar-refractivity contribution in [1.82, 2.24) is 9.88 Å². The summed E-state index contributed by atoms with van der Waals surface area (Å²) in [5.74, 6) is -1.70. The van der Waals surface area contributed by atoms with Crippen molar-refractivity contribution in [2.75, 3.05) is 6.67 Å². The van der Waals surface area contributed by atoms with E-state index in [-0.39, 0.29) is 0 Å². The second-order valence-corrected chi connectivity index (χ2v) is 4.82. The molecule has 0 saturated carbocycles. The van der Waals surface area contributed by atoms with E-state index in [1.807, 2.05) is 11.1 Å². The van der Waals surface area contributed by atoms with Crippen LogP contribution in [0.1, 0.15) is 5.56 Å². The molecule has 0 fully saturated rings. The standard InChI is InChI=1S/C14H10ClF2N3/c15-14-10-7-20(8-19-13(10)3-4-18-14)6-9-1-2-11(16)12(17)5-9/h1-5,7H,6,8H2. The van der Waals surface area contributed by atoms with Crippen molar-refractivity contribution >= 4 is 17.8 Å². The first-order chi connectivity index (χ1) is 9.63. The molecule has 0 radical (unpaired) electrons. The zero-order valence-corrected chi connectivity index (χ0v) is 11.1. The summed E-state index contributed by atoms with van der Waals surface area (Å²) in [6.45, 7) is 0.859. The van der Waals surface area contributed by atoms with Crippen LogP contribution in [0.2, 0.25) is 5.15 Å². The highest BCUT2D eigenvalue weighted by atomic mass is 35.5. The Labute approximate surface area is 118 Å². The number of hydrogen-bond acceptors (Lipinski definition) is 3. The van der Waals surface area contributed by atoms with E-state index in [9.17, 15) is 8.78 Å². The van der Waals surface area contributed by atoms with Crippen LogP contribution in [0, 0.1) is 11.6 Å². The van der Waals surface area contributed by atoms with Crippen molar-refractivity contribution in [3.05, 3.63) is 63.4 Å². The minimum Gasteiger partial charge on any atom is -0.353 e. The van der Waals surface area contributed by atoms with Crippen LogP contribution in [-0.4, -0.2) is 16.6 Å². The Bertz CT molecular complexity index is 776. The SMILES string of the molecule is Fc1ccc(CN2C=c3c(Cl)nccc3=NC2)cc1F. The van der Waals surface area contributed by atoms with Crippen LogP contribution in [-0.2, 0) is 6.54 Å². The molecular weight excluding hydrogens is 284 g/mol. The Morgan fingerprint density at radius 2 is 2.05 bits per heavy atom. The number of hydrogen-bond donors (Lipinski definition) is 0. The van der Waals surface area contributed by atoms with Gasteiger partial charge in [-0.05, 0) is 23.8 Å². The lowest BCUT2D eigenvalue weighted by Gasteiger charge is -2.20. The Balaban J connectivity index is 1.90. The maximum Gasteiger partial charge on any atom is 0.159 e. The lowest BCUT2D eigenvalue weighted by molar-refractivity contribution is 0.404. The van der Waals surface area contributed by atoms with Crippen molar-refractivity contribution in [3.8, 4) is 0 Å². The predicted octanol–water partition coefficient (Wildman–Crippen LogP) is 1.84. The van der Waals surface area contributed by atoms with Crippen molar-refractivity contribution in [3.63, 3.8) is 0 Å². The number of fused-ring (bicyclic) bond motifs is 1. The summed E-state index contributed by atoms with van der Waals surface area (Å²) in [6, 6.07) is 5.64. The number of halogens is 3. The lowest BCUT2D eigenvalue weighted by Crippen LogP contribution is -2.36. The average molecular weight is 294 g/mol. The van der Waals surface area contributed by atoms with Gasteiger partial charge in [0.05, 0.1) is 10.6 Å². The van der Waals surface area contributed by atoms with Crippen LogP contribution in [0.25, 0.3) is 6.20 Å². The average Bonchev–Trinajstić information content (AvgIpc) is 2.44. The molecule has 0 spiro atoms. The molecule has 0 aliphatic carbocycles. The number of aromatic nitrogens is 1. The summed E-state index contributed by atoms with van der Waals surface area (Å²) in [4.78, 5) is 10.2. The van der Waals surface area contributed by atoms with E-state index >= 15 is 0 Å². The molecule has 0 unspecified atom stereocenters. The highest BCUT2D eigenvalue weighted by Gasteiger charge is 2.09. The van der Waals surface area contributed by atoms with Gasteiger partial charge in [0.1, 0.15) is 11.8 Å². The summed E-state index contributed by atoms with van der Waals surface area (Å²) in [7, 11) is 0. The molecule has 2 aromatic rings. The van der Waals surface area contributed by atoms with Gasteiger partial charge in [0, 0.05) is 18.9 Å². The molecule has 102 valence electrons. The molecule has 3 rings (SSSR count). The number of pyridine rings is 1. The molecule has 0 saturated heterocycles. The Kier molecular flexibility index (Phi) is 3.36. The molecule has 3 nitrogen and oxygen atoms in total. The summed E-state index contributed by atoms with van der Waals surface area (Å²) < 4.78 is 26.1. The van der Waals surface area contributed by atoms with Crippen molar-refractivity contribution in [2.24, 2.45) is 4.99 Å². The van der Waals surface area contributed by atoms with Gasteiger partial charge >= 0.3 is 0 Å². The molecule has 6 heteroatoms.